The summed E-state index contributed by atoms with van der Waals surface area (Å²) >= 11 is 0. The number of likely N-dealkylation sites (N-methyl/N-ethyl adjacent to an activating group) is 1. The van der Waals surface area contributed by atoms with Gasteiger partial charge in [0.15, 0.2) is 0 Å². The maximum Gasteiger partial charge on any atom is 0.407 e. The minimum atomic E-state index is -0.489. The van der Waals surface area contributed by atoms with Gasteiger partial charge in [0.05, 0.1) is 13.2 Å². The molecule has 0 saturated carbocycles. The SMILES string of the molecule is COCC(CCCNC(=O)OC(C)(C)C)NCC(=O)N(C)C. The van der Waals surface area contributed by atoms with Gasteiger partial charge in [0, 0.05) is 33.8 Å². The number of hydrogen-bond acceptors (Lipinski definition) is 5. The molecule has 0 aliphatic rings. The molecule has 0 rings (SSSR count). The molecule has 0 heterocycles. The standard InChI is InChI=1S/C15H31N3O4/c1-15(2,3)22-14(20)16-9-7-8-12(11-21-6)17-10-13(19)18(4)5/h12,17H,7-11H2,1-6H3,(H,16,20). The van der Waals surface area contributed by atoms with E-state index in [4.69, 9.17) is 9.47 Å². The third-order valence-corrected chi connectivity index (χ3v) is 2.81. The topological polar surface area (TPSA) is 79.9 Å². The Morgan fingerprint density at radius 3 is 2.36 bits per heavy atom. The minimum absolute atomic E-state index is 0.0213. The van der Waals surface area contributed by atoms with Crippen LogP contribution in [0, 0.1) is 0 Å². The molecule has 0 aromatic heterocycles. The Labute approximate surface area is 133 Å². The molecule has 0 aromatic rings. The Balaban J connectivity index is 3.95. The third-order valence-electron chi connectivity index (χ3n) is 2.81. The number of hydrogen-bond donors (Lipinski definition) is 2. The first-order chi connectivity index (χ1) is 10.2. The predicted octanol–water partition coefficient (Wildman–Crippen LogP) is 0.984. The molecule has 0 aromatic carbocycles. The molecule has 130 valence electrons. The summed E-state index contributed by atoms with van der Waals surface area (Å²) in [5.74, 6) is 0.0213. The van der Waals surface area contributed by atoms with Crippen molar-refractivity contribution in [2.24, 2.45) is 0 Å². The number of rotatable bonds is 9. The fourth-order valence-electron chi connectivity index (χ4n) is 1.69. The van der Waals surface area contributed by atoms with Crippen molar-refractivity contribution in [1.29, 1.82) is 0 Å². The van der Waals surface area contributed by atoms with E-state index in [-0.39, 0.29) is 18.5 Å². The summed E-state index contributed by atoms with van der Waals surface area (Å²) in [4.78, 5) is 24.6. The molecule has 22 heavy (non-hydrogen) atoms. The molecule has 0 fully saturated rings. The zero-order valence-electron chi connectivity index (χ0n) is 14.7. The molecule has 1 atom stereocenters. The second-order valence-electron chi connectivity index (χ2n) is 6.39. The highest BCUT2D eigenvalue weighted by Crippen LogP contribution is 2.06. The monoisotopic (exact) mass is 317 g/mol. The van der Waals surface area contributed by atoms with E-state index in [1.54, 1.807) is 26.1 Å². The van der Waals surface area contributed by atoms with Crippen LogP contribution in [-0.4, -0.2) is 69.4 Å². The van der Waals surface area contributed by atoms with Gasteiger partial charge in [0.2, 0.25) is 5.91 Å². The Bertz CT molecular complexity index is 340. The molecule has 7 nitrogen and oxygen atoms in total. The van der Waals surface area contributed by atoms with Crippen LogP contribution in [0.1, 0.15) is 33.6 Å². The highest BCUT2D eigenvalue weighted by Gasteiger charge is 2.16. The van der Waals surface area contributed by atoms with Crippen LogP contribution < -0.4 is 10.6 Å². The van der Waals surface area contributed by atoms with E-state index in [1.807, 2.05) is 20.8 Å². The molecule has 0 radical (unpaired) electrons. The second kappa shape index (κ2) is 10.4. The average Bonchev–Trinajstić information content (AvgIpc) is 2.38. The van der Waals surface area contributed by atoms with E-state index in [0.717, 1.165) is 12.8 Å². The zero-order chi connectivity index (χ0) is 17.2. The van der Waals surface area contributed by atoms with Crippen LogP contribution >= 0.6 is 0 Å². The van der Waals surface area contributed by atoms with Crippen LogP contribution in [0.15, 0.2) is 0 Å². The van der Waals surface area contributed by atoms with Gasteiger partial charge < -0.3 is 25.0 Å². The van der Waals surface area contributed by atoms with E-state index in [1.165, 1.54) is 0 Å². The number of carbonyl (C=O) groups is 2. The van der Waals surface area contributed by atoms with Crippen LogP contribution in [0.3, 0.4) is 0 Å². The summed E-state index contributed by atoms with van der Waals surface area (Å²) in [6.45, 7) is 6.80. The number of methoxy groups -OCH3 is 1. The van der Waals surface area contributed by atoms with Gasteiger partial charge in [-0.15, -0.1) is 0 Å². The molecule has 0 aliphatic heterocycles. The Hall–Kier alpha value is -1.34. The number of carbonyl (C=O) groups excluding carboxylic acids is 2. The maximum atomic E-state index is 11.6. The van der Waals surface area contributed by atoms with Gasteiger partial charge >= 0.3 is 6.09 Å². The van der Waals surface area contributed by atoms with Gasteiger partial charge in [-0.1, -0.05) is 0 Å². The van der Waals surface area contributed by atoms with Crippen molar-refractivity contribution in [2.45, 2.75) is 45.3 Å². The summed E-state index contributed by atoms with van der Waals surface area (Å²) in [5.41, 5.74) is -0.489. The maximum absolute atomic E-state index is 11.6. The lowest BCUT2D eigenvalue weighted by molar-refractivity contribution is -0.127. The minimum Gasteiger partial charge on any atom is -0.444 e. The van der Waals surface area contributed by atoms with Crippen molar-refractivity contribution in [3.05, 3.63) is 0 Å². The summed E-state index contributed by atoms with van der Waals surface area (Å²) in [6.07, 6.45) is 1.16. The van der Waals surface area contributed by atoms with Crippen LogP contribution in [0.4, 0.5) is 4.79 Å². The predicted molar refractivity (Wildman–Crippen MR) is 85.8 cm³/mol. The largest absolute Gasteiger partial charge is 0.444 e. The smallest absolute Gasteiger partial charge is 0.407 e. The van der Waals surface area contributed by atoms with E-state index in [2.05, 4.69) is 10.6 Å². The van der Waals surface area contributed by atoms with Crippen LogP contribution in [0.2, 0.25) is 0 Å². The first-order valence-corrected chi connectivity index (χ1v) is 7.55. The Kier molecular flexibility index (Phi) is 9.76. The molecular formula is C15H31N3O4. The molecule has 0 saturated heterocycles. The van der Waals surface area contributed by atoms with E-state index < -0.39 is 11.7 Å². The number of ether oxygens (including phenoxy) is 2. The fraction of sp³-hybridized carbons (Fsp3) is 0.867. The molecule has 7 heteroatoms. The first kappa shape index (κ1) is 20.7. The molecule has 2 amide bonds. The first-order valence-electron chi connectivity index (χ1n) is 7.55. The van der Waals surface area contributed by atoms with E-state index in [0.29, 0.717) is 13.2 Å². The highest BCUT2D eigenvalue weighted by atomic mass is 16.6. The average molecular weight is 317 g/mol. The number of nitrogens with one attached hydrogen (secondary N) is 2. The fourth-order valence-corrected chi connectivity index (χ4v) is 1.69. The van der Waals surface area contributed by atoms with Crippen molar-refractivity contribution >= 4 is 12.0 Å². The zero-order valence-corrected chi connectivity index (χ0v) is 14.7. The Morgan fingerprint density at radius 2 is 1.86 bits per heavy atom. The van der Waals surface area contributed by atoms with Crippen molar-refractivity contribution in [3.8, 4) is 0 Å². The summed E-state index contributed by atoms with van der Waals surface area (Å²) in [6, 6.07) is 0.0781. The normalized spacial score (nSPS) is 12.6. The molecule has 2 N–H and O–H groups in total. The summed E-state index contributed by atoms with van der Waals surface area (Å²) < 4.78 is 10.3. The van der Waals surface area contributed by atoms with Crippen molar-refractivity contribution in [2.75, 3.05) is 40.9 Å². The van der Waals surface area contributed by atoms with Gasteiger partial charge in [-0.25, -0.2) is 4.79 Å². The van der Waals surface area contributed by atoms with E-state index >= 15 is 0 Å². The number of amides is 2. The molecule has 1 unspecified atom stereocenters. The number of alkyl carbamates (subject to hydrolysis) is 1. The molecule has 0 bridgehead atoms. The third kappa shape index (κ3) is 11.3. The van der Waals surface area contributed by atoms with Gasteiger partial charge in [0.25, 0.3) is 0 Å². The molecule has 0 spiro atoms. The quantitative estimate of drug-likeness (QED) is 0.620. The van der Waals surface area contributed by atoms with Crippen molar-refractivity contribution in [1.82, 2.24) is 15.5 Å². The lowest BCUT2D eigenvalue weighted by Gasteiger charge is -2.21. The lowest BCUT2D eigenvalue weighted by atomic mass is 10.1. The van der Waals surface area contributed by atoms with Crippen molar-refractivity contribution in [3.63, 3.8) is 0 Å². The summed E-state index contributed by atoms with van der Waals surface area (Å²) in [7, 11) is 5.07. The van der Waals surface area contributed by atoms with Gasteiger partial charge in [-0.2, -0.15) is 0 Å². The van der Waals surface area contributed by atoms with Crippen LogP contribution in [-0.2, 0) is 14.3 Å². The second-order valence-corrected chi connectivity index (χ2v) is 6.39. The van der Waals surface area contributed by atoms with Crippen LogP contribution in [0.5, 0.6) is 0 Å². The molecule has 0 aliphatic carbocycles. The van der Waals surface area contributed by atoms with Crippen molar-refractivity contribution < 1.29 is 19.1 Å². The van der Waals surface area contributed by atoms with Crippen LogP contribution in [0.25, 0.3) is 0 Å². The molecular weight excluding hydrogens is 286 g/mol. The lowest BCUT2D eigenvalue weighted by Crippen LogP contribution is -2.41. The Morgan fingerprint density at radius 1 is 1.23 bits per heavy atom. The highest BCUT2D eigenvalue weighted by molar-refractivity contribution is 5.77. The van der Waals surface area contributed by atoms with Gasteiger partial charge in [-0.3, -0.25) is 4.79 Å². The van der Waals surface area contributed by atoms with E-state index in [9.17, 15) is 9.59 Å². The van der Waals surface area contributed by atoms with Gasteiger partial charge in [0.1, 0.15) is 5.60 Å². The van der Waals surface area contributed by atoms with Gasteiger partial charge in [-0.05, 0) is 33.6 Å². The number of nitrogens with zero attached hydrogens (tertiary/aromatic N) is 1. The summed E-state index contributed by atoms with van der Waals surface area (Å²) in [5, 5.41) is 5.88.